The van der Waals surface area contributed by atoms with E-state index in [0.717, 1.165) is 6.07 Å². The molecule has 2 aromatic rings. The minimum atomic E-state index is -0.803. The van der Waals surface area contributed by atoms with E-state index in [9.17, 15) is 13.6 Å². The number of carbonyl (C=O) groups excluding carboxylic acids is 1. The maximum absolute atomic E-state index is 13.4. The predicted octanol–water partition coefficient (Wildman–Crippen LogP) is 2.84. The number of hydrogen-bond acceptors (Lipinski definition) is 2. The van der Waals surface area contributed by atoms with Crippen LogP contribution in [0.5, 0.6) is 0 Å². The van der Waals surface area contributed by atoms with Crippen LogP contribution in [0, 0.1) is 11.8 Å². The third kappa shape index (κ3) is 1.95. The van der Waals surface area contributed by atoms with E-state index in [1.165, 1.54) is 24.3 Å². The highest BCUT2D eigenvalue weighted by Crippen LogP contribution is 2.21. The second-order valence-corrected chi connectivity index (χ2v) is 3.21. The van der Waals surface area contributed by atoms with Crippen LogP contribution in [-0.2, 0) is 0 Å². The second kappa shape index (κ2) is 4.18. The molecule has 0 fully saturated rings. The van der Waals surface area contributed by atoms with Crippen molar-refractivity contribution >= 4 is 6.29 Å². The number of aromatic nitrogens is 1. The molecule has 0 saturated carbocycles. The Hall–Kier alpha value is -2.10. The van der Waals surface area contributed by atoms with Crippen molar-refractivity contribution < 1.29 is 13.6 Å². The van der Waals surface area contributed by atoms with Gasteiger partial charge in [0.05, 0.1) is 5.69 Å². The molecule has 0 bridgehead atoms. The fourth-order valence-corrected chi connectivity index (χ4v) is 1.39. The molecule has 0 aliphatic carbocycles. The van der Waals surface area contributed by atoms with E-state index in [0.29, 0.717) is 6.29 Å². The smallest absolute Gasteiger partial charge is 0.214 e. The van der Waals surface area contributed by atoms with Gasteiger partial charge in [0.1, 0.15) is 12.1 Å². The Labute approximate surface area is 90.6 Å². The highest BCUT2D eigenvalue weighted by molar-refractivity contribution is 5.77. The molecule has 0 saturated heterocycles. The van der Waals surface area contributed by atoms with Crippen molar-refractivity contribution in [3.8, 4) is 11.3 Å². The Morgan fingerprint density at radius 3 is 2.56 bits per heavy atom. The lowest BCUT2D eigenvalue weighted by atomic mass is 10.1. The molecule has 0 aliphatic rings. The first kappa shape index (κ1) is 10.4. The number of halogens is 2. The summed E-state index contributed by atoms with van der Waals surface area (Å²) in [5.74, 6) is -1.31. The average molecular weight is 219 g/mol. The van der Waals surface area contributed by atoms with Gasteiger partial charge in [-0.05, 0) is 18.2 Å². The molecule has 0 N–H and O–H groups in total. The van der Waals surface area contributed by atoms with Crippen LogP contribution in [0.15, 0.2) is 36.4 Å². The van der Waals surface area contributed by atoms with Crippen LogP contribution in [0.1, 0.15) is 10.4 Å². The quantitative estimate of drug-likeness (QED) is 0.574. The molecule has 0 spiro atoms. The first-order valence-corrected chi connectivity index (χ1v) is 4.58. The first-order valence-electron chi connectivity index (χ1n) is 4.58. The molecule has 4 heteroatoms. The average Bonchev–Trinajstić information content (AvgIpc) is 2.28. The summed E-state index contributed by atoms with van der Waals surface area (Å²) in [7, 11) is 0. The third-order valence-electron chi connectivity index (χ3n) is 2.10. The monoisotopic (exact) mass is 219 g/mol. The van der Waals surface area contributed by atoms with Gasteiger partial charge in [-0.1, -0.05) is 12.1 Å². The fourth-order valence-electron chi connectivity index (χ4n) is 1.39. The van der Waals surface area contributed by atoms with Crippen LogP contribution >= 0.6 is 0 Å². The summed E-state index contributed by atoms with van der Waals surface area (Å²) in [6.45, 7) is 0. The Balaban J connectivity index is 2.60. The van der Waals surface area contributed by atoms with Crippen molar-refractivity contribution in [2.75, 3.05) is 0 Å². The summed E-state index contributed by atoms with van der Waals surface area (Å²) >= 11 is 0. The molecule has 2 rings (SSSR count). The van der Waals surface area contributed by atoms with E-state index in [-0.39, 0.29) is 16.8 Å². The van der Waals surface area contributed by atoms with Crippen molar-refractivity contribution in [1.29, 1.82) is 0 Å². The van der Waals surface area contributed by atoms with Gasteiger partial charge in [0.25, 0.3) is 0 Å². The maximum Gasteiger partial charge on any atom is 0.214 e. The molecule has 0 amide bonds. The molecule has 1 aromatic heterocycles. The van der Waals surface area contributed by atoms with Crippen LogP contribution in [0.2, 0.25) is 0 Å². The van der Waals surface area contributed by atoms with Gasteiger partial charge in [-0.3, -0.25) is 4.79 Å². The largest absolute Gasteiger partial charge is 0.298 e. The molecule has 0 atom stereocenters. The van der Waals surface area contributed by atoms with Crippen LogP contribution < -0.4 is 0 Å². The highest BCUT2D eigenvalue weighted by atomic mass is 19.1. The molecular weight excluding hydrogens is 212 g/mol. The minimum absolute atomic E-state index is 0.111. The first-order chi connectivity index (χ1) is 7.70. The zero-order valence-corrected chi connectivity index (χ0v) is 8.15. The maximum atomic E-state index is 13.4. The van der Waals surface area contributed by atoms with Gasteiger partial charge in [-0.25, -0.2) is 9.37 Å². The Morgan fingerprint density at radius 2 is 1.88 bits per heavy atom. The number of benzene rings is 1. The van der Waals surface area contributed by atoms with Gasteiger partial charge >= 0.3 is 0 Å². The number of carbonyl (C=O) groups is 1. The van der Waals surface area contributed by atoms with Crippen LogP contribution in [0.3, 0.4) is 0 Å². The summed E-state index contributed by atoms with van der Waals surface area (Å²) < 4.78 is 26.4. The molecular formula is C12H7F2NO. The fraction of sp³-hybridized carbons (Fsp3) is 0. The Bertz CT molecular complexity index is 540. The molecule has 1 heterocycles. The topological polar surface area (TPSA) is 30.0 Å². The molecule has 80 valence electrons. The third-order valence-corrected chi connectivity index (χ3v) is 2.10. The van der Waals surface area contributed by atoms with E-state index < -0.39 is 11.8 Å². The standard InChI is InChI=1S/C12H7F2NO/c13-10-4-2-1-3-9(10)11-5-8(7-16)6-12(14)15-11/h1-7H. The SMILES string of the molecule is O=Cc1cc(F)nc(-c2ccccc2F)c1. The van der Waals surface area contributed by atoms with Crippen molar-refractivity contribution in [2.24, 2.45) is 0 Å². The molecule has 16 heavy (non-hydrogen) atoms. The van der Waals surface area contributed by atoms with Crippen molar-refractivity contribution in [3.05, 3.63) is 53.7 Å². The van der Waals surface area contributed by atoms with E-state index >= 15 is 0 Å². The zero-order chi connectivity index (χ0) is 11.5. The van der Waals surface area contributed by atoms with Crippen LogP contribution in [-0.4, -0.2) is 11.3 Å². The van der Waals surface area contributed by atoms with Crippen molar-refractivity contribution in [1.82, 2.24) is 4.98 Å². The van der Waals surface area contributed by atoms with Crippen molar-refractivity contribution in [2.45, 2.75) is 0 Å². The summed E-state index contributed by atoms with van der Waals surface area (Å²) in [5.41, 5.74) is 0.413. The lowest BCUT2D eigenvalue weighted by Gasteiger charge is -2.03. The van der Waals surface area contributed by atoms with E-state index in [1.54, 1.807) is 6.07 Å². The van der Waals surface area contributed by atoms with E-state index in [4.69, 9.17) is 0 Å². The Morgan fingerprint density at radius 1 is 1.12 bits per heavy atom. The summed E-state index contributed by atoms with van der Waals surface area (Å²) in [6, 6.07) is 8.21. The van der Waals surface area contributed by atoms with Gasteiger partial charge in [0.15, 0.2) is 0 Å². The van der Waals surface area contributed by atoms with Crippen LogP contribution in [0.4, 0.5) is 8.78 Å². The normalized spacial score (nSPS) is 10.1. The number of pyridine rings is 1. The van der Waals surface area contributed by atoms with Gasteiger partial charge in [0, 0.05) is 17.2 Å². The predicted molar refractivity (Wildman–Crippen MR) is 55.0 cm³/mol. The highest BCUT2D eigenvalue weighted by Gasteiger charge is 2.08. The van der Waals surface area contributed by atoms with Gasteiger partial charge in [0.2, 0.25) is 5.95 Å². The van der Waals surface area contributed by atoms with E-state index in [2.05, 4.69) is 4.98 Å². The Kier molecular flexibility index (Phi) is 2.72. The van der Waals surface area contributed by atoms with Crippen LogP contribution in [0.25, 0.3) is 11.3 Å². The molecule has 2 nitrogen and oxygen atoms in total. The molecule has 0 radical (unpaired) electrons. The summed E-state index contributed by atoms with van der Waals surface area (Å²) in [6.07, 6.45) is 0.495. The molecule has 0 unspecified atom stereocenters. The van der Waals surface area contributed by atoms with E-state index in [1.807, 2.05) is 0 Å². The van der Waals surface area contributed by atoms with Gasteiger partial charge in [-0.2, -0.15) is 4.39 Å². The molecule has 0 aliphatic heterocycles. The number of rotatable bonds is 2. The number of hydrogen-bond donors (Lipinski definition) is 0. The minimum Gasteiger partial charge on any atom is -0.298 e. The lowest BCUT2D eigenvalue weighted by molar-refractivity contribution is 0.112. The number of aldehydes is 1. The summed E-state index contributed by atoms with van der Waals surface area (Å²) in [4.78, 5) is 14.1. The van der Waals surface area contributed by atoms with Gasteiger partial charge < -0.3 is 0 Å². The summed E-state index contributed by atoms with van der Waals surface area (Å²) in [5, 5.41) is 0. The van der Waals surface area contributed by atoms with Crippen molar-refractivity contribution in [3.63, 3.8) is 0 Å². The molecule has 1 aromatic carbocycles. The number of nitrogens with zero attached hydrogens (tertiary/aromatic N) is 1. The lowest BCUT2D eigenvalue weighted by Crippen LogP contribution is -1.93. The van der Waals surface area contributed by atoms with Gasteiger partial charge in [-0.15, -0.1) is 0 Å². The second-order valence-electron chi connectivity index (χ2n) is 3.21. The zero-order valence-electron chi connectivity index (χ0n) is 8.15.